The van der Waals surface area contributed by atoms with E-state index in [1.807, 2.05) is 12.1 Å². The quantitative estimate of drug-likeness (QED) is 0.249. The van der Waals surface area contributed by atoms with Crippen molar-refractivity contribution in [3.05, 3.63) is 64.2 Å². The largest absolute Gasteiger partial charge is 0.372 e. The molecule has 2 N–H and O–H groups in total. The fourth-order valence-corrected chi connectivity index (χ4v) is 3.85. The van der Waals surface area contributed by atoms with Gasteiger partial charge in [0, 0.05) is 49.7 Å². The van der Waals surface area contributed by atoms with Gasteiger partial charge < -0.3 is 15.1 Å². The van der Waals surface area contributed by atoms with Crippen molar-refractivity contribution in [1.82, 2.24) is 15.0 Å². The molecule has 11 nitrogen and oxygen atoms in total. The molecular formula is C24H29N9O2. The molecule has 4 rings (SSSR count). The highest BCUT2D eigenvalue weighted by molar-refractivity contribution is 5.80. The zero-order chi connectivity index (χ0) is 24.6. The molecule has 1 aliphatic heterocycles. The topological polar surface area (TPSA) is 125 Å². The lowest BCUT2D eigenvalue weighted by Gasteiger charge is -2.20. The van der Waals surface area contributed by atoms with Crippen molar-refractivity contribution in [1.29, 1.82) is 0 Å². The molecule has 0 unspecified atom stereocenters. The number of rotatable bonds is 10. The third-order valence-electron chi connectivity index (χ3n) is 5.75. The minimum absolute atomic E-state index is 0.0192. The van der Waals surface area contributed by atoms with Crippen LogP contribution in [0.3, 0.4) is 0 Å². The minimum atomic E-state index is -0.435. The summed E-state index contributed by atoms with van der Waals surface area (Å²) in [6.45, 7) is 7.95. The molecule has 1 saturated heterocycles. The van der Waals surface area contributed by atoms with E-state index in [0.717, 1.165) is 44.6 Å². The molecule has 0 saturated carbocycles. The van der Waals surface area contributed by atoms with Gasteiger partial charge in [-0.3, -0.25) is 10.1 Å². The van der Waals surface area contributed by atoms with Crippen LogP contribution in [-0.2, 0) is 0 Å². The molecule has 0 aliphatic carbocycles. The normalized spacial score (nSPS) is 13.3. The lowest BCUT2D eigenvalue weighted by atomic mass is 10.2. The summed E-state index contributed by atoms with van der Waals surface area (Å²) in [6.07, 6.45) is 3.89. The monoisotopic (exact) mass is 475 g/mol. The highest BCUT2D eigenvalue weighted by Crippen LogP contribution is 2.22. The van der Waals surface area contributed by atoms with Crippen LogP contribution in [0, 0.1) is 10.1 Å². The van der Waals surface area contributed by atoms with E-state index in [4.69, 9.17) is 0 Å². The predicted octanol–water partition coefficient (Wildman–Crippen LogP) is 4.42. The van der Waals surface area contributed by atoms with Gasteiger partial charge in [-0.1, -0.05) is 12.1 Å². The molecule has 0 radical (unpaired) electrons. The minimum Gasteiger partial charge on any atom is -0.372 e. The number of aromatic nitrogens is 3. The zero-order valence-electron chi connectivity index (χ0n) is 19.9. The van der Waals surface area contributed by atoms with Gasteiger partial charge in [0.05, 0.1) is 11.1 Å². The molecule has 1 aromatic heterocycles. The van der Waals surface area contributed by atoms with Crippen LogP contribution in [0.15, 0.2) is 53.6 Å². The van der Waals surface area contributed by atoms with Crippen LogP contribution >= 0.6 is 0 Å². The lowest BCUT2D eigenvalue weighted by Crippen LogP contribution is -2.21. The van der Waals surface area contributed by atoms with Crippen LogP contribution in [0.2, 0.25) is 0 Å². The summed E-state index contributed by atoms with van der Waals surface area (Å²) in [5.41, 5.74) is 5.69. The number of nitro groups is 1. The first-order valence-corrected chi connectivity index (χ1v) is 11.7. The lowest BCUT2D eigenvalue weighted by molar-refractivity contribution is -0.384. The second kappa shape index (κ2) is 11.2. The van der Waals surface area contributed by atoms with E-state index in [0.29, 0.717) is 23.5 Å². The first kappa shape index (κ1) is 23.9. The van der Waals surface area contributed by atoms with Crippen molar-refractivity contribution in [2.24, 2.45) is 5.10 Å². The standard InChI is InChI=1S/C24H29N9O2/c1-3-31(4-2)20-11-7-18(8-12-20)17-25-30-23-27-22(28-24(29-23)32-15-5-6-16-32)26-19-9-13-21(14-10-19)33(34)35/h7-14,17H,3-6,15-16H2,1-2H3,(H2,26,27,28,29,30). The van der Waals surface area contributed by atoms with Gasteiger partial charge in [-0.15, -0.1) is 0 Å². The molecule has 182 valence electrons. The predicted molar refractivity (Wildman–Crippen MR) is 139 cm³/mol. The van der Waals surface area contributed by atoms with E-state index < -0.39 is 4.92 Å². The number of hydrazone groups is 1. The summed E-state index contributed by atoms with van der Waals surface area (Å²) >= 11 is 0. The van der Waals surface area contributed by atoms with E-state index in [9.17, 15) is 10.1 Å². The maximum absolute atomic E-state index is 10.9. The molecule has 1 aliphatic rings. The maximum atomic E-state index is 10.9. The number of benzene rings is 2. The average molecular weight is 476 g/mol. The first-order valence-electron chi connectivity index (χ1n) is 11.7. The van der Waals surface area contributed by atoms with Crippen LogP contribution in [0.4, 0.5) is 34.9 Å². The van der Waals surface area contributed by atoms with Gasteiger partial charge in [0.25, 0.3) is 5.69 Å². The number of non-ortho nitro benzene ring substituents is 1. The SMILES string of the molecule is CCN(CC)c1ccc(C=NNc2nc(Nc3ccc([N+](=O)[O-])cc3)nc(N3CCCC3)n2)cc1. The molecule has 0 spiro atoms. The number of nitrogens with zero attached hydrogens (tertiary/aromatic N) is 7. The summed E-state index contributed by atoms with van der Waals surface area (Å²) in [5, 5.41) is 18.3. The molecule has 2 heterocycles. The Morgan fingerprint density at radius 1 is 1.00 bits per heavy atom. The Bertz CT molecular complexity index is 1160. The number of anilines is 5. The van der Waals surface area contributed by atoms with Gasteiger partial charge >= 0.3 is 0 Å². The molecule has 3 aromatic rings. The summed E-state index contributed by atoms with van der Waals surface area (Å²) in [6, 6.07) is 14.3. The molecular weight excluding hydrogens is 446 g/mol. The van der Waals surface area contributed by atoms with Crippen molar-refractivity contribution < 1.29 is 4.92 Å². The fraction of sp³-hybridized carbons (Fsp3) is 0.333. The number of hydrogen-bond donors (Lipinski definition) is 2. The molecule has 0 atom stereocenters. The first-order chi connectivity index (χ1) is 17.1. The van der Waals surface area contributed by atoms with Gasteiger partial charge in [0.15, 0.2) is 0 Å². The van der Waals surface area contributed by atoms with E-state index in [2.05, 4.69) is 66.6 Å². The van der Waals surface area contributed by atoms with Crippen molar-refractivity contribution in [2.45, 2.75) is 26.7 Å². The smallest absolute Gasteiger partial charge is 0.269 e. The number of nitrogens with one attached hydrogen (secondary N) is 2. The van der Waals surface area contributed by atoms with Crippen LogP contribution in [0.1, 0.15) is 32.3 Å². The summed E-state index contributed by atoms with van der Waals surface area (Å²) in [4.78, 5) is 28.3. The molecule has 11 heteroatoms. The second-order valence-electron chi connectivity index (χ2n) is 8.04. The number of hydrogen-bond acceptors (Lipinski definition) is 10. The van der Waals surface area contributed by atoms with Crippen LogP contribution in [-0.4, -0.2) is 52.3 Å². The molecule has 2 aromatic carbocycles. The van der Waals surface area contributed by atoms with Crippen molar-refractivity contribution in [3.63, 3.8) is 0 Å². The van der Waals surface area contributed by atoms with Crippen molar-refractivity contribution in [2.75, 3.05) is 46.7 Å². The number of nitro benzene ring substituents is 1. The Morgan fingerprint density at radius 2 is 1.66 bits per heavy atom. The van der Waals surface area contributed by atoms with E-state index in [-0.39, 0.29) is 5.69 Å². The average Bonchev–Trinajstić information content (AvgIpc) is 3.41. The molecule has 35 heavy (non-hydrogen) atoms. The van der Waals surface area contributed by atoms with Crippen LogP contribution in [0.25, 0.3) is 0 Å². The van der Waals surface area contributed by atoms with E-state index in [1.165, 1.54) is 17.8 Å². The Hall–Kier alpha value is -4.28. The van der Waals surface area contributed by atoms with Crippen molar-refractivity contribution in [3.8, 4) is 0 Å². The van der Waals surface area contributed by atoms with Gasteiger partial charge in [0.1, 0.15) is 0 Å². The molecule has 1 fully saturated rings. The van der Waals surface area contributed by atoms with Gasteiger partial charge in [-0.25, -0.2) is 5.43 Å². The highest BCUT2D eigenvalue weighted by atomic mass is 16.6. The third kappa shape index (κ3) is 6.19. The summed E-state index contributed by atoms with van der Waals surface area (Å²) in [7, 11) is 0. The van der Waals surface area contributed by atoms with Crippen LogP contribution in [0.5, 0.6) is 0 Å². The van der Waals surface area contributed by atoms with Crippen LogP contribution < -0.4 is 20.5 Å². The third-order valence-corrected chi connectivity index (χ3v) is 5.75. The fourth-order valence-electron chi connectivity index (χ4n) is 3.85. The van der Waals surface area contributed by atoms with E-state index in [1.54, 1.807) is 18.3 Å². The summed E-state index contributed by atoms with van der Waals surface area (Å²) in [5.74, 6) is 1.20. The zero-order valence-corrected chi connectivity index (χ0v) is 19.9. The Kier molecular flexibility index (Phi) is 7.66. The van der Waals surface area contributed by atoms with E-state index >= 15 is 0 Å². The Balaban J connectivity index is 1.50. The van der Waals surface area contributed by atoms with Gasteiger partial charge in [-0.2, -0.15) is 20.1 Å². The highest BCUT2D eigenvalue weighted by Gasteiger charge is 2.17. The molecule has 0 bridgehead atoms. The maximum Gasteiger partial charge on any atom is 0.269 e. The second-order valence-corrected chi connectivity index (χ2v) is 8.04. The Labute approximate surface area is 204 Å². The van der Waals surface area contributed by atoms with Crippen molar-refractivity contribution >= 4 is 41.1 Å². The van der Waals surface area contributed by atoms with Gasteiger partial charge in [0.2, 0.25) is 17.8 Å². The summed E-state index contributed by atoms with van der Waals surface area (Å²) < 4.78 is 0. The molecule has 0 amide bonds. The van der Waals surface area contributed by atoms with Gasteiger partial charge in [-0.05, 0) is 56.5 Å². The Morgan fingerprint density at radius 3 is 2.29 bits per heavy atom.